The first-order chi connectivity index (χ1) is 11.7. The molecule has 1 aliphatic heterocycles. The van der Waals surface area contributed by atoms with Gasteiger partial charge in [-0.25, -0.2) is 0 Å². The lowest BCUT2D eigenvalue weighted by Gasteiger charge is -2.21. The largest absolute Gasteiger partial charge is 0.382 e. The molecule has 7 heteroatoms. The van der Waals surface area contributed by atoms with Gasteiger partial charge in [-0.1, -0.05) is 0 Å². The van der Waals surface area contributed by atoms with Crippen molar-refractivity contribution < 1.29 is 9.47 Å². The van der Waals surface area contributed by atoms with Gasteiger partial charge in [-0.2, -0.15) is 5.10 Å². The molecule has 136 valence electrons. The van der Waals surface area contributed by atoms with E-state index in [0.717, 1.165) is 51.6 Å². The third-order valence-corrected chi connectivity index (χ3v) is 4.16. The van der Waals surface area contributed by atoms with Crippen molar-refractivity contribution in [3.63, 3.8) is 0 Å². The fourth-order valence-corrected chi connectivity index (χ4v) is 2.90. The number of rotatable bonds is 9. The molecule has 0 bridgehead atoms. The summed E-state index contributed by atoms with van der Waals surface area (Å²) in [6, 6.07) is 0. The summed E-state index contributed by atoms with van der Waals surface area (Å²) in [4.78, 5) is 7.10. The molecule has 0 aromatic carbocycles. The Bertz CT molecular complexity index is 503. The number of likely N-dealkylation sites (tertiary alicyclic amines) is 1. The van der Waals surface area contributed by atoms with E-state index in [1.165, 1.54) is 5.56 Å². The number of nitrogens with zero attached hydrogens (tertiary/aromatic N) is 4. The number of hydrogen-bond donors (Lipinski definition) is 1. The summed E-state index contributed by atoms with van der Waals surface area (Å²) in [5, 5.41) is 7.70. The summed E-state index contributed by atoms with van der Waals surface area (Å²) in [5.74, 6) is 1.56. The average molecular weight is 337 g/mol. The van der Waals surface area contributed by atoms with Gasteiger partial charge in [-0.15, -0.1) is 0 Å². The second-order valence-corrected chi connectivity index (χ2v) is 6.07. The van der Waals surface area contributed by atoms with Crippen molar-refractivity contribution >= 4 is 5.96 Å². The lowest BCUT2D eigenvalue weighted by molar-refractivity contribution is 0.0702. The van der Waals surface area contributed by atoms with Crippen molar-refractivity contribution in [2.24, 2.45) is 12.0 Å². The number of nitrogens with one attached hydrogen (secondary N) is 1. The van der Waals surface area contributed by atoms with Crippen LogP contribution in [-0.2, 0) is 16.5 Å². The zero-order chi connectivity index (χ0) is 17.2. The van der Waals surface area contributed by atoms with E-state index < -0.39 is 0 Å². The molecule has 0 saturated carbocycles. The average Bonchev–Trinajstić information content (AvgIpc) is 3.22. The molecule has 1 aromatic rings. The predicted molar refractivity (Wildman–Crippen MR) is 95.4 cm³/mol. The van der Waals surface area contributed by atoms with Crippen LogP contribution in [0.3, 0.4) is 0 Å². The number of hydrogen-bond acceptors (Lipinski definition) is 4. The van der Waals surface area contributed by atoms with Crippen LogP contribution in [-0.4, -0.2) is 73.7 Å². The molecule has 2 rings (SSSR count). The Hall–Kier alpha value is -1.60. The first-order valence-electron chi connectivity index (χ1n) is 8.83. The quantitative estimate of drug-likeness (QED) is 0.417. The third kappa shape index (κ3) is 5.79. The molecule has 1 N–H and O–H groups in total. The van der Waals surface area contributed by atoms with Crippen molar-refractivity contribution in [2.45, 2.75) is 25.7 Å². The van der Waals surface area contributed by atoms with Crippen LogP contribution in [0.1, 0.15) is 31.2 Å². The molecular weight excluding hydrogens is 306 g/mol. The van der Waals surface area contributed by atoms with E-state index in [4.69, 9.17) is 14.5 Å². The third-order valence-electron chi connectivity index (χ3n) is 4.16. The number of ether oxygens (including phenoxy) is 2. The molecule has 1 fully saturated rings. The number of methoxy groups -OCH3 is 1. The summed E-state index contributed by atoms with van der Waals surface area (Å²) < 4.78 is 12.3. The lowest BCUT2D eigenvalue weighted by Crippen LogP contribution is -2.40. The zero-order valence-corrected chi connectivity index (χ0v) is 15.2. The van der Waals surface area contributed by atoms with Gasteiger partial charge in [0.05, 0.1) is 19.4 Å². The van der Waals surface area contributed by atoms with Gasteiger partial charge in [0.25, 0.3) is 0 Å². The molecule has 2 heterocycles. The normalized spacial score (nSPS) is 18.4. The van der Waals surface area contributed by atoms with E-state index in [2.05, 4.69) is 28.4 Å². The maximum atomic E-state index is 5.48. The van der Waals surface area contributed by atoms with Crippen LogP contribution in [0.15, 0.2) is 17.4 Å². The summed E-state index contributed by atoms with van der Waals surface area (Å²) in [7, 11) is 3.65. The SMILES string of the molecule is CCNC(=NCCCOCCOC)N1CCC(c2cnn(C)c2)C1. The van der Waals surface area contributed by atoms with Gasteiger partial charge in [0.2, 0.25) is 0 Å². The Morgan fingerprint density at radius 2 is 2.29 bits per heavy atom. The fraction of sp³-hybridized carbons (Fsp3) is 0.765. The van der Waals surface area contributed by atoms with E-state index in [1.54, 1.807) is 7.11 Å². The first kappa shape index (κ1) is 18.7. The lowest BCUT2D eigenvalue weighted by atomic mass is 10.0. The summed E-state index contributed by atoms with van der Waals surface area (Å²) >= 11 is 0. The highest BCUT2D eigenvalue weighted by molar-refractivity contribution is 5.80. The highest BCUT2D eigenvalue weighted by Gasteiger charge is 2.26. The number of aromatic nitrogens is 2. The van der Waals surface area contributed by atoms with E-state index in [9.17, 15) is 0 Å². The van der Waals surface area contributed by atoms with E-state index in [0.29, 0.717) is 19.1 Å². The smallest absolute Gasteiger partial charge is 0.193 e. The van der Waals surface area contributed by atoms with Gasteiger partial charge in [-0.05, 0) is 25.3 Å². The van der Waals surface area contributed by atoms with Crippen LogP contribution in [0.4, 0.5) is 0 Å². The Morgan fingerprint density at radius 1 is 1.42 bits per heavy atom. The molecular formula is C17H31N5O2. The topological polar surface area (TPSA) is 63.9 Å². The van der Waals surface area contributed by atoms with Crippen molar-refractivity contribution in [1.29, 1.82) is 0 Å². The van der Waals surface area contributed by atoms with Gasteiger partial charge in [0.1, 0.15) is 0 Å². The monoisotopic (exact) mass is 337 g/mol. The van der Waals surface area contributed by atoms with Crippen LogP contribution in [0.2, 0.25) is 0 Å². The van der Waals surface area contributed by atoms with Gasteiger partial charge >= 0.3 is 0 Å². The van der Waals surface area contributed by atoms with Gasteiger partial charge in [0, 0.05) is 59.1 Å². The molecule has 0 aliphatic carbocycles. The predicted octanol–water partition coefficient (Wildman–Crippen LogP) is 1.23. The van der Waals surface area contributed by atoms with Crippen molar-refractivity contribution in [3.05, 3.63) is 18.0 Å². The van der Waals surface area contributed by atoms with Crippen LogP contribution < -0.4 is 5.32 Å². The van der Waals surface area contributed by atoms with Gasteiger partial charge in [0.15, 0.2) is 5.96 Å². The molecule has 0 spiro atoms. The Balaban J connectivity index is 1.78. The molecule has 24 heavy (non-hydrogen) atoms. The second kappa shape index (κ2) is 10.3. The Kier molecular flexibility index (Phi) is 8.04. The Morgan fingerprint density at radius 3 is 3.00 bits per heavy atom. The highest BCUT2D eigenvalue weighted by Crippen LogP contribution is 2.26. The van der Waals surface area contributed by atoms with Crippen LogP contribution in [0, 0.1) is 0 Å². The first-order valence-corrected chi connectivity index (χ1v) is 8.83. The van der Waals surface area contributed by atoms with Crippen LogP contribution >= 0.6 is 0 Å². The van der Waals surface area contributed by atoms with Crippen molar-refractivity contribution in [3.8, 4) is 0 Å². The molecule has 1 unspecified atom stereocenters. The van der Waals surface area contributed by atoms with Gasteiger partial charge < -0.3 is 19.7 Å². The number of guanidine groups is 1. The van der Waals surface area contributed by atoms with Crippen LogP contribution in [0.25, 0.3) is 0 Å². The Labute approximate surface area is 145 Å². The fourth-order valence-electron chi connectivity index (χ4n) is 2.90. The van der Waals surface area contributed by atoms with E-state index >= 15 is 0 Å². The van der Waals surface area contributed by atoms with E-state index in [-0.39, 0.29) is 0 Å². The minimum Gasteiger partial charge on any atom is -0.382 e. The number of aryl methyl sites for hydroxylation is 1. The van der Waals surface area contributed by atoms with Crippen molar-refractivity contribution in [1.82, 2.24) is 20.0 Å². The molecule has 0 radical (unpaired) electrons. The summed E-state index contributed by atoms with van der Waals surface area (Å²) in [6.07, 6.45) is 6.18. The van der Waals surface area contributed by atoms with Gasteiger partial charge in [-0.3, -0.25) is 9.67 Å². The summed E-state index contributed by atoms with van der Waals surface area (Å²) in [6.45, 7) is 7.84. The highest BCUT2D eigenvalue weighted by atomic mass is 16.5. The maximum Gasteiger partial charge on any atom is 0.193 e. The second-order valence-electron chi connectivity index (χ2n) is 6.07. The molecule has 0 amide bonds. The maximum absolute atomic E-state index is 5.48. The zero-order valence-electron chi connectivity index (χ0n) is 15.2. The molecule has 1 saturated heterocycles. The minimum absolute atomic E-state index is 0.542. The number of aliphatic imine (C=N–C) groups is 1. The molecule has 1 aliphatic rings. The van der Waals surface area contributed by atoms with Crippen molar-refractivity contribution in [2.75, 3.05) is 53.1 Å². The molecule has 7 nitrogen and oxygen atoms in total. The molecule has 1 atom stereocenters. The van der Waals surface area contributed by atoms with Crippen LogP contribution in [0.5, 0.6) is 0 Å². The minimum atomic E-state index is 0.542. The molecule has 1 aromatic heterocycles. The van der Waals surface area contributed by atoms with E-state index in [1.807, 2.05) is 17.9 Å². The summed E-state index contributed by atoms with van der Waals surface area (Å²) in [5.41, 5.74) is 1.32. The standard InChI is InChI=1S/C17H31N5O2/c1-4-18-17(19-7-5-9-24-11-10-23-3)22-8-6-15(14-22)16-12-20-21(2)13-16/h12-13,15H,4-11,14H2,1-3H3,(H,18,19).